The highest BCUT2D eigenvalue weighted by Crippen LogP contribution is 2.42. The van der Waals surface area contributed by atoms with Gasteiger partial charge in [-0.3, -0.25) is 0 Å². The quantitative estimate of drug-likeness (QED) is 0.167. The summed E-state index contributed by atoms with van der Waals surface area (Å²) in [5.74, 6) is 1.84. The molecule has 0 spiro atoms. The molecule has 316 valence electrons. The second-order valence-corrected chi connectivity index (χ2v) is 17.6. The lowest BCUT2D eigenvalue weighted by Gasteiger charge is -2.16. The van der Waals surface area contributed by atoms with Crippen LogP contribution in [0.1, 0.15) is 0 Å². The first-order valence-electron chi connectivity index (χ1n) is 23.1. The van der Waals surface area contributed by atoms with Crippen LogP contribution in [0.25, 0.3) is 133 Å². The molecule has 11 aromatic carbocycles. The largest absolute Gasteiger partial charge is 0.309 e. The molecule has 3 aromatic heterocycles. The zero-order chi connectivity index (χ0) is 44.7. The minimum Gasteiger partial charge on any atom is -0.309 e. The normalized spacial score (nSPS) is 11.8. The molecule has 0 amide bonds. The van der Waals surface area contributed by atoms with Gasteiger partial charge in [-0.1, -0.05) is 176 Å². The highest BCUT2D eigenvalue weighted by Gasteiger charge is 2.22. The number of hydrogen-bond acceptors (Lipinski definition) is 3. The average molecular weight is 866 g/mol. The molecule has 0 saturated heterocycles. The van der Waals surface area contributed by atoms with Crippen molar-refractivity contribution in [3.05, 3.63) is 237 Å². The van der Waals surface area contributed by atoms with E-state index in [1.807, 2.05) is 24.3 Å². The van der Waals surface area contributed by atoms with Crippen molar-refractivity contribution in [1.29, 1.82) is 0 Å². The maximum Gasteiger partial charge on any atom is 0.166 e. The molecule has 0 aliphatic carbocycles. The predicted octanol–water partition coefficient (Wildman–Crippen LogP) is 16.2. The van der Waals surface area contributed by atoms with Gasteiger partial charge in [-0.15, -0.1) is 0 Å². The number of para-hydroxylation sites is 2. The molecule has 14 rings (SSSR count). The minimum absolute atomic E-state index is 0.607. The fraction of sp³-hybridized carbons (Fsp3) is 0. The van der Waals surface area contributed by atoms with Crippen molar-refractivity contribution in [3.8, 4) is 56.7 Å². The van der Waals surface area contributed by atoms with Gasteiger partial charge < -0.3 is 9.13 Å². The zero-order valence-corrected chi connectivity index (χ0v) is 36.8. The second kappa shape index (κ2) is 15.2. The standard InChI is InChI=1S/C63H39N5/c1-3-16-40(17-4-1)43-23-15-24-47(34-43)62-64-61(42-19-5-2-6-20-42)65-63(66-62)54-36-44-21-7-8-22-45(44)38-59(54)68-55-28-13-11-26-51(55)53-37-48-35-49(32-30-46(48)39-58(53)68)67-56-29-14-12-27-52(56)60-50-25-10-9-18-41(50)31-33-57(60)67/h1-39H. The van der Waals surface area contributed by atoms with Crippen LogP contribution in [0, 0.1) is 0 Å². The summed E-state index contributed by atoms with van der Waals surface area (Å²) < 4.78 is 4.84. The van der Waals surface area contributed by atoms with Gasteiger partial charge in [-0.05, 0) is 104 Å². The Morgan fingerprint density at radius 3 is 1.63 bits per heavy atom. The fourth-order valence-electron chi connectivity index (χ4n) is 10.5. The summed E-state index contributed by atoms with van der Waals surface area (Å²) in [5, 5.41) is 12.0. The molecule has 0 radical (unpaired) electrons. The number of rotatable bonds is 6. The van der Waals surface area contributed by atoms with E-state index in [0.29, 0.717) is 17.5 Å². The number of nitrogens with zero attached hydrogens (tertiary/aromatic N) is 5. The van der Waals surface area contributed by atoms with Crippen molar-refractivity contribution in [3.63, 3.8) is 0 Å². The summed E-state index contributed by atoms with van der Waals surface area (Å²) >= 11 is 0. The van der Waals surface area contributed by atoms with Crippen LogP contribution in [0.15, 0.2) is 237 Å². The average Bonchev–Trinajstić information content (AvgIpc) is 3.92. The fourth-order valence-corrected chi connectivity index (χ4v) is 10.5. The summed E-state index contributed by atoms with van der Waals surface area (Å²) in [6.45, 7) is 0. The van der Waals surface area contributed by atoms with E-state index in [4.69, 9.17) is 15.0 Å². The molecule has 0 bridgehead atoms. The second-order valence-electron chi connectivity index (χ2n) is 17.6. The van der Waals surface area contributed by atoms with E-state index in [9.17, 15) is 0 Å². The Morgan fingerprint density at radius 1 is 0.265 bits per heavy atom. The van der Waals surface area contributed by atoms with Gasteiger partial charge in [-0.2, -0.15) is 0 Å². The molecule has 0 unspecified atom stereocenters. The minimum atomic E-state index is 0.607. The SMILES string of the molecule is c1ccc(-c2cccc(-c3nc(-c4ccccc4)nc(-c4cc5ccccc5cc4-n4c5ccccc5c5cc6cc(-n7c8ccccc8c8c9ccccc9ccc87)ccc6cc54)n3)c2)cc1. The van der Waals surface area contributed by atoms with Gasteiger partial charge in [0.15, 0.2) is 17.5 Å². The Labute approximate surface area is 391 Å². The Hall–Kier alpha value is -9.19. The summed E-state index contributed by atoms with van der Waals surface area (Å²) in [6, 6.07) is 84.7. The van der Waals surface area contributed by atoms with Gasteiger partial charge in [0.05, 0.1) is 27.8 Å². The molecule has 5 nitrogen and oxygen atoms in total. The molecule has 5 heteroatoms. The third kappa shape index (κ3) is 6.06. The lowest BCUT2D eigenvalue weighted by molar-refractivity contribution is 1.07. The van der Waals surface area contributed by atoms with Crippen molar-refractivity contribution in [1.82, 2.24) is 24.1 Å². The molecule has 0 saturated carbocycles. The number of fused-ring (bicyclic) bond motifs is 10. The monoisotopic (exact) mass is 865 g/mol. The van der Waals surface area contributed by atoms with Gasteiger partial charge in [-0.25, -0.2) is 15.0 Å². The van der Waals surface area contributed by atoms with E-state index in [0.717, 1.165) is 66.4 Å². The molecular weight excluding hydrogens is 827 g/mol. The molecular formula is C63H39N5. The number of benzene rings is 11. The summed E-state index contributed by atoms with van der Waals surface area (Å²) in [5.41, 5.74) is 11.8. The smallest absolute Gasteiger partial charge is 0.166 e. The third-order valence-corrected chi connectivity index (χ3v) is 13.7. The first kappa shape index (κ1) is 38.1. The van der Waals surface area contributed by atoms with Crippen LogP contribution in [0.5, 0.6) is 0 Å². The predicted molar refractivity (Wildman–Crippen MR) is 283 cm³/mol. The van der Waals surface area contributed by atoms with E-state index in [2.05, 4.69) is 221 Å². The van der Waals surface area contributed by atoms with E-state index >= 15 is 0 Å². The van der Waals surface area contributed by atoms with Crippen LogP contribution in [0.3, 0.4) is 0 Å². The lowest BCUT2D eigenvalue weighted by atomic mass is 10.0. The van der Waals surface area contributed by atoms with Gasteiger partial charge >= 0.3 is 0 Å². The Bertz CT molecular complexity index is 4320. The molecule has 0 aliphatic heterocycles. The summed E-state index contributed by atoms with van der Waals surface area (Å²) in [6.07, 6.45) is 0. The van der Waals surface area contributed by atoms with Crippen LogP contribution < -0.4 is 0 Å². The maximum absolute atomic E-state index is 5.38. The van der Waals surface area contributed by atoms with Crippen LogP contribution >= 0.6 is 0 Å². The van der Waals surface area contributed by atoms with E-state index < -0.39 is 0 Å². The summed E-state index contributed by atoms with van der Waals surface area (Å²) in [7, 11) is 0. The van der Waals surface area contributed by atoms with E-state index in [-0.39, 0.29) is 0 Å². The van der Waals surface area contributed by atoms with Crippen molar-refractivity contribution in [2.75, 3.05) is 0 Å². The van der Waals surface area contributed by atoms with Crippen LogP contribution in [-0.4, -0.2) is 24.1 Å². The number of aromatic nitrogens is 5. The van der Waals surface area contributed by atoms with E-state index in [1.165, 1.54) is 48.7 Å². The Morgan fingerprint density at radius 2 is 0.838 bits per heavy atom. The Kier molecular flexibility index (Phi) is 8.52. The maximum atomic E-state index is 5.38. The summed E-state index contributed by atoms with van der Waals surface area (Å²) in [4.78, 5) is 15.9. The molecule has 0 N–H and O–H groups in total. The van der Waals surface area contributed by atoms with E-state index in [1.54, 1.807) is 0 Å². The zero-order valence-electron chi connectivity index (χ0n) is 36.8. The van der Waals surface area contributed by atoms with Crippen molar-refractivity contribution >= 4 is 75.9 Å². The first-order chi connectivity index (χ1) is 33.7. The molecule has 14 aromatic rings. The molecule has 0 atom stereocenters. The van der Waals surface area contributed by atoms with Crippen molar-refractivity contribution in [2.24, 2.45) is 0 Å². The van der Waals surface area contributed by atoms with Gasteiger partial charge in [0.25, 0.3) is 0 Å². The molecule has 0 aliphatic rings. The highest BCUT2D eigenvalue weighted by molar-refractivity contribution is 6.21. The third-order valence-electron chi connectivity index (χ3n) is 13.7. The molecule has 0 fully saturated rings. The number of hydrogen-bond donors (Lipinski definition) is 0. The van der Waals surface area contributed by atoms with Crippen molar-refractivity contribution in [2.45, 2.75) is 0 Å². The van der Waals surface area contributed by atoms with Crippen LogP contribution in [-0.2, 0) is 0 Å². The molecule has 3 heterocycles. The Balaban J connectivity index is 0.997. The topological polar surface area (TPSA) is 48.5 Å². The van der Waals surface area contributed by atoms with Crippen LogP contribution in [0.4, 0.5) is 0 Å². The van der Waals surface area contributed by atoms with Gasteiger partial charge in [0, 0.05) is 43.9 Å². The highest BCUT2D eigenvalue weighted by atomic mass is 15.1. The van der Waals surface area contributed by atoms with Gasteiger partial charge in [0.1, 0.15) is 0 Å². The van der Waals surface area contributed by atoms with Crippen molar-refractivity contribution < 1.29 is 0 Å². The first-order valence-corrected chi connectivity index (χ1v) is 23.1. The van der Waals surface area contributed by atoms with Gasteiger partial charge in [0.2, 0.25) is 0 Å². The lowest BCUT2D eigenvalue weighted by Crippen LogP contribution is -2.04. The molecule has 68 heavy (non-hydrogen) atoms. The van der Waals surface area contributed by atoms with Crippen LogP contribution in [0.2, 0.25) is 0 Å².